The van der Waals surface area contributed by atoms with E-state index in [0.29, 0.717) is 10.8 Å². The zero-order valence-electron chi connectivity index (χ0n) is 10.5. The molecular formula is C13H12BrClN4O. The Labute approximate surface area is 130 Å². The molecule has 0 saturated carbocycles. The van der Waals surface area contributed by atoms with Crippen molar-refractivity contribution in [3.8, 4) is 5.75 Å². The molecule has 1 aliphatic rings. The summed E-state index contributed by atoms with van der Waals surface area (Å²) in [7, 11) is 0. The maximum atomic E-state index is 6.04. The van der Waals surface area contributed by atoms with E-state index in [-0.39, 0.29) is 6.10 Å². The Bertz CT molecular complexity index is 595. The summed E-state index contributed by atoms with van der Waals surface area (Å²) in [5.74, 6) is 1.39. The maximum absolute atomic E-state index is 6.04. The van der Waals surface area contributed by atoms with Gasteiger partial charge in [0.25, 0.3) is 0 Å². The number of pyridine rings is 1. The Hall–Kier alpha value is -1.40. The van der Waals surface area contributed by atoms with Gasteiger partial charge in [-0.1, -0.05) is 11.6 Å². The van der Waals surface area contributed by atoms with Gasteiger partial charge in [-0.05, 0) is 15.9 Å². The van der Waals surface area contributed by atoms with Crippen LogP contribution in [0.25, 0.3) is 0 Å². The SMILES string of the molecule is Clc1cnccc1OC1CCN(c2ncc(Br)cn2)C1. The maximum Gasteiger partial charge on any atom is 0.225 e. The predicted octanol–water partition coefficient (Wildman–Crippen LogP) is 2.95. The van der Waals surface area contributed by atoms with Gasteiger partial charge in [0.2, 0.25) is 5.95 Å². The first-order valence-electron chi connectivity index (χ1n) is 6.21. The summed E-state index contributed by atoms with van der Waals surface area (Å²) in [6.45, 7) is 1.62. The first kappa shape index (κ1) is 13.6. The van der Waals surface area contributed by atoms with Crippen molar-refractivity contribution < 1.29 is 4.74 Å². The lowest BCUT2D eigenvalue weighted by Crippen LogP contribution is -2.26. The summed E-state index contributed by atoms with van der Waals surface area (Å²) in [5.41, 5.74) is 0. The Morgan fingerprint density at radius 1 is 1.30 bits per heavy atom. The predicted molar refractivity (Wildman–Crippen MR) is 80.2 cm³/mol. The molecule has 0 N–H and O–H groups in total. The molecule has 20 heavy (non-hydrogen) atoms. The van der Waals surface area contributed by atoms with Gasteiger partial charge in [0.05, 0.1) is 11.0 Å². The molecule has 3 heterocycles. The van der Waals surface area contributed by atoms with E-state index in [4.69, 9.17) is 16.3 Å². The molecule has 104 valence electrons. The molecule has 1 unspecified atom stereocenters. The summed E-state index contributed by atoms with van der Waals surface area (Å²) < 4.78 is 6.78. The van der Waals surface area contributed by atoms with E-state index in [1.165, 1.54) is 0 Å². The van der Waals surface area contributed by atoms with E-state index in [0.717, 1.165) is 29.9 Å². The minimum Gasteiger partial charge on any atom is -0.487 e. The van der Waals surface area contributed by atoms with Crippen molar-refractivity contribution in [3.63, 3.8) is 0 Å². The van der Waals surface area contributed by atoms with Gasteiger partial charge in [-0.3, -0.25) is 4.98 Å². The Morgan fingerprint density at radius 2 is 2.10 bits per heavy atom. The second-order valence-electron chi connectivity index (χ2n) is 4.48. The van der Waals surface area contributed by atoms with Gasteiger partial charge in [0.15, 0.2) is 0 Å². The van der Waals surface area contributed by atoms with Gasteiger partial charge in [0.1, 0.15) is 16.9 Å². The van der Waals surface area contributed by atoms with Crippen LogP contribution in [-0.4, -0.2) is 34.1 Å². The van der Waals surface area contributed by atoms with Crippen LogP contribution in [0.5, 0.6) is 5.75 Å². The molecule has 0 spiro atoms. The third kappa shape index (κ3) is 3.02. The van der Waals surface area contributed by atoms with Crippen LogP contribution in [0.1, 0.15) is 6.42 Å². The number of hydrogen-bond donors (Lipinski definition) is 0. The number of halogens is 2. The topological polar surface area (TPSA) is 51.1 Å². The molecule has 3 rings (SSSR count). The van der Waals surface area contributed by atoms with E-state index in [1.807, 2.05) is 0 Å². The first-order valence-corrected chi connectivity index (χ1v) is 7.38. The number of rotatable bonds is 3. The van der Waals surface area contributed by atoms with E-state index >= 15 is 0 Å². The highest BCUT2D eigenvalue weighted by atomic mass is 79.9. The summed E-state index contributed by atoms with van der Waals surface area (Å²) in [5, 5.41) is 0.533. The van der Waals surface area contributed by atoms with Crippen LogP contribution >= 0.6 is 27.5 Å². The lowest BCUT2D eigenvalue weighted by atomic mass is 10.3. The number of aromatic nitrogens is 3. The molecular weight excluding hydrogens is 344 g/mol. The average Bonchev–Trinajstić information content (AvgIpc) is 2.91. The summed E-state index contributed by atoms with van der Waals surface area (Å²) >= 11 is 9.37. The van der Waals surface area contributed by atoms with Crippen molar-refractivity contribution in [3.05, 3.63) is 40.3 Å². The smallest absolute Gasteiger partial charge is 0.225 e. The molecule has 5 nitrogen and oxygen atoms in total. The van der Waals surface area contributed by atoms with Gasteiger partial charge in [-0.2, -0.15) is 0 Å². The molecule has 2 aromatic heterocycles. The fraction of sp³-hybridized carbons (Fsp3) is 0.308. The van der Waals surface area contributed by atoms with Crippen molar-refractivity contribution in [1.82, 2.24) is 15.0 Å². The van der Waals surface area contributed by atoms with E-state index < -0.39 is 0 Å². The summed E-state index contributed by atoms with van der Waals surface area (Å²) in [6.07, 6.45) is 7.75. The van der Waals surface area contributed by atoms with Gasteiger partial charge in [-0.15, -0.1) is 0 Å². The third-order valence-corrected chi connectivity index (χ3v) is 3.76. The third-order valence-electron chi connectivity index (χ3n) is 3.06. The Kier molecular flexibility index (Phi) is 4.03. The van der Waals surface area contributed by atoms with E-state index in [9.17, 15) is 0 Å². The Balaban J connectivity index is 1.65. The molecule has 1 saturated heterocycles. The van der Waals surface area contributed by atoms with Crippen LogP contribution in [0.15, 0.2) is 35.3 Å². The monoisotopic (exact) mass is 354 g/mol. The van der Waals surface area contributed by atoms with Crippen LogP contribution in [0.3, 0.4) is 0 Å². The Morgan fingerprint density at radius 3 is 2.85 bits per heavy atom. The lowest BCUT2D eigenvalue weighted by molar-refractivity contribution is 0.225. The van der Waals surface area contributed by atoms with Crippen molar-refractivity contribution in [2.24, 2.45) is 0 Å². The van der Waals surface area contributed by atoms with Crippen LogP contribution in [-0.2, 0) is 0 Å². The van der Waals surface area contributed by atoms with Crippen molar-refractivity contribution in [2.75, 3.05) is 18.0 Å². The second-order valence-corrected chi connectivity index (χ2v) is 5.80. The highest BCUT2D eigenvalue weighted by Crippen LogP contribution is 2.26. The van der Waals surface area contributed by atoms with Crippen molar-refractivity contribution in [2.45, 2.75) is 12.5 Å². The van der Waals surface area contributed by atoms with Gasteiger partial charge < -0.3 is 9.64 Å². The minimum absolute atomic E-state index is 0.0853. The quantitative estimate of drug-likeness (QED) is 0.847. The highest BCUT2D eigenvalue weighted by Gasteiger charge is 2.26. The fourth-order valence-electron chi connectivity index (χ4n) is 2.11. The zero-order chi connectivity index (χ0) is 13.9. The number of anilines is 1. The van der Waals surface area contributed by atoms with Crippen LogP contribution < -0.4 is 9.64 Å². The van der Waals surface area contributed by atoms with Crippen molar-refractivity contribution >= 4 is 33.5 Å². The molecule has 7 heteroatoms. The number of ether oxygens (including phenoxy) is 1. The first-order chi connectivity index (χ1) is 9.72. The number of hydrogen-bond acceptors (Lipinski definition) is 5. The minimum atomic E-state index is 0.0853. The molecule has 0 aliphatic carbocycles. The fourth-order valence-corrected chi connectivity index (χ4v) is 2.48. The molecule has 0 radical (unpaired) electrons. The second kappa shape index (κ2) is 5.93. The summed E-state index contributed by atoms with van der Waals surface area (Å²) in [6, 6.07) is 1.78. The molecule has 0 amide bonds. The highest BCUT2D eigenvalue weighted by molar-refractivity contribution is 9.10. The molecule has 2 aromatic rings. The average molecular weight is 356 g/mol. The van der Waals surface area contributed by atoms with Crippen LogP contribution in [0.2, 0.25) is 5.02 Å². The zero-order valence-corrected chi connectivity index (χ0v) is 12.9. The molecule has 0 bridgehead atoms. The van der Waals surface area contributed by atoms with E-state index in [1.54, 1.807) is 30.9 Å². The van der Waals surface area contributed by atoms with Crippen LogP contribution in [0.4, 0.5) is 5.95 Å². The molecule has 0 aromatic carbocycles. The molecule has 1 aliphatic heterocycles. The standard InChI is InChI=1S/C13H12BrClN4O/c14-9-5-17-13(18-6-9)19-4-2-10(8-19)20-12-1-3-16-7-11(12)15/h1,3,5-7,10H,2,4,8H2. The molecule has 1 atom stereocenters. The van der Waals surface area contributed by atoms with Gasteiger partial charge in [0, 0.05) is 43.8 Å². The lowest BCUT2D eigenvalue weighted by Gasteiger charge is -2.17. The van der Waals surface area contributed by atoms with Crippen molar-refractivity contribution in [1.29, 1.82) is 0 Å². The van der Waals surface area contributed by atoms with Gasteiger partial charge >= 0.3 is 0 Å². The number of nitrogens with zero attached hydrogens (tertiary/aromatic N) is 4. The molecule has 1 fully saturated rings. The normalized spacial score (nSPS) is 18.3. The van der Waals surface area contributed by atoms with Gasteiger partial charge in [-0.25, -0.2) is 9.97 Å². The summed E-state index contributed by atoms with van der Waals surface area (Å²) in [4.78, 5) is 14.6. The van der Waals surface area contributed by atoms with E-state index in [2.05, 4.69) is 35.8 Å². The van der Waals surface area contributed by atoms with Crippen LogP contribution in [0, 0.1) is 0 Å². The largest absolute Gasteiger partial charge is 0.487 e.